The van der Waals surface area contributed by atoms with Crippen LogP contribution in [-0.4, -0.2) is 58.4 Å². The Morgan fingerprint density at radius 1 is 1.15 bits per heavy atom. The second kappa shape index (κ2) is 13.4. The van der Waals surface area contributed by atoms with Gasteiger partial charge in [-0.15, -0.1) is 0 Å². The number of amides is 1. The number of carbonyl (C=O) groups is 2. The first kappa shape index (κ1) is 28.6. The molecule has 6 nitrogen and oxygen atoms in total. The minimum atomic E-state index is -0.845. The molecule has 34 heavy (non-hydrogen) atoms. The molecule has 1 unspecified atom stereocenters. The van der Waals surface area contributed by atoms with Gasteiger partial charge in [-0.05, 0) is 69.3 Å². The van der Waals surface area contributed by atoms with E-state index in [9.17, 15) is 19.8 Å². The molecule has 2 aliphatic rings. The smallest absolute Gasteiger partial charge is 0.308 e. The summed E-state index contributed by atoms with van der Waals surface area (Å²) in [6.07, 6.45) is 8.19. The zero-order valence-electron chi connectivity index (χ0n) is 22.1. The Kier molecular flexibility index (Phi) is 11.3. The summed E-state index contributed by atoms with van der Waals surface area (Å²) in [6, 6.07) is 0. The van der Waals surface area contributed by atoms with Crippen molar-refractivity contribution in [3.8, 4) is 0 Å². The van der Waals surface area contributed by atoms with Crippen LogP contribution in [0, 0.1) is 29.6 Å². The number of aliphatic hydroxyl groups excluding tert-OH is 2. The lowest BCUT2D eigenvalue weighted by molar-refractivity contribution is -0.158. The van der Waals surface area contributed by atoms with E-state index in [0.29, 0.717) is 31.3 Å². The number of esters is 1. The van der Waals surface area contributed by atoms with Gasteiger partial charge in [0.15, 0.2) is 0 Å². The Balaban J connectivity index is 2.02. The van der Waals surface area contributed by atoms with E-state index < -0.39 is 12.2 Å². The maximum absolute atomic E-state index is 12.6. The van der Waals surface area contributed by atoms with Crippen molar-refractivity contribution in [2.75, 3.05) is 13.1 Å². The molecule has 8 atom stereocenters. The molecule has 2 rings (SSSR count). The highest BCUT2D eigenvalue weighted by atomic mass is 16.5. The highest BCUT2D eigenvalue weighted by Crippen LogP contribution is 2.45. The molecule has 0 radical (unpaired) electrons. The predicted molar refractivity (Wildman–Crippen MR) is 135 cm³/mol. The van der Waals surface area contributed by atoms with Crippen molar-refractivity contribution >= 4 is 11.9 Å². The molecule has 194 valence electrons. The number of fused-ring (bicyclic) bond motifs is 1. The molecule has 0 aromatic heterocycles. The third kappa shape index (κ3) is 7.67. The van der Waals surface area contributed by atoms with E-state index in [0.717, 1.165) is 19.3 Å². The van der Waals surface area contributed by atoms with Gasteiger partial charge in [0.05, 0.1) is 24.5 Å². The summed E-state index contributed by atoms with van der Waals surface area (Å²) in [7, 11) is 0. The van der Waals surface area contributed by atoms with Crippen LogP contribution in [0.1, 0.15) is 80.1 Å². The second-order valence-corrected chi connectivity index (χ2v) is 10.5. The molecule has 0 fully saturated rings. The van der Waals surface area contributed by atoms with Crippen molar-refractivity contribution in [1.29, 1.82) is 0 Å². The van der Waals surface area contributed by atoms with Crippen LogP contribution >= 0.6 is 0 Å². The zero-order valence-corrected chi connectivity index (χ0v) is 22.1. The van der Waals surface area contributed by atoms with E-state index in [1.54, 1.807) is 4.90 Å². The molecule has 0 aromatic carbocycles. The SMILES string of the molecule is CCC(C)C(=O)O[C@H]1C[C@@H](C)C=C2C=C[C@H](C)[C@H](CC[C@@H](O)C[C@@H](O)CC(=O)N(CC)CC)[C@H]21. The lowest BCUT2D eigenvalue weighted by Crippen LogP contribution is -2.41. The lowest BCUT2D eigenvalue weighted by atomic mass is 9.65. The van der Waals surface area contributed by atoms with E-state index in [1.807, 2.05) is 27.7 Å². The number of nitrogens with zero attached hydrogens (tertiary/aromatic N) is 1. The number of allylic oxidation sites excluding steroid dienone is 3. The van der Waals surface area contributed by atoms with Crippen LogP contribution < -0.4 is 0 Å². The van der Waals surface area contributed by atoms with Crippen molar-refractivity contribution in [2.45, 2.75) is 98.4 Å². The van der Waals surface area contributed by atoms with Crippen LogP contribution in [0.5, 0.6) is 0 Å². The van der Waals surface area contributed by atoms with Crippen molar-refractivity contribution in [3.63, 3.8) is 0 Å². The van der Waals surface area contributed by atoms with E-state index >= 15 is 0 Å². The van der Waals surface area contributed by atoms with E-state index in [2.05, 4.69) is 32.1 Å². The first-order valence-electron chi connectivity index (χ1n) is 13.3. The average molecular weight is 478 g/mol. The first-order valence-corrected chi connectivity index (χ1v) is 13.3. The van der Waals surface area contributed by atoms with Gasteiger partial charge in [0.1, 0.15) is 6.10 Å². The summed E-state index contributed by atoms with van der Waals surface area (Å²) in [4.78, 5) is 26.6. The molecule has 0 heterocycles. The number of rotatable bonds is 12. The summed E-state index contributed by atoms with van der Waals surface area (Å²) in [5.74, 6) is 0.733. The van der Waals surface area contributed by atoms with Crippen LogP contribution in [-0.2, 0) is 14.3 Å². The molecule has 0 saturated carbocycles. The molecule has 1 amide bonds. The number of hydrogen-bond donors (Lipinski definition) is 2. The largest absolute Gasteiger partial charge is 0.461 e. The molecule has 2 aliphatic carbocycles. The van der Waals surface area contributed by atoms with Gasteiger partial charge in [0.25, 0.3) is 0 Å². The molecule has 2 N–H and O–H groups in total. The monoisotopic (exact) mass is 477 g/mol. The molecule has 0 bridgehead atoms. The molecule has 0 saturated heterocycles. The highest BCUT2D eigenvalue weighted by Gasteiger charge is 2.41. The van der Waals surface area contributed by atoms with Crippen LogP contribution in [0.25, 0.3) is 0 Å². The second-order valence-electron chi connectivity index (χ2n) is 10.5. The van der Waals surface area contributed by atoms with Crippen LogP contribution in [0.15, 0.2) is 23.8 Å². The fraction of sp³-hybridized carbons (Fsp3) is 0.786. The van der Waals surface area contributed by atoms with Crippen LogP contribution in [0.2, 0.25) is 0 Å². The minimum absolute atomic E-state index is 0.0440. The van der Waals surface area contributed by atoms with E-state index in [-0.39, 0.29) is 48.6 Å². The van der Waals surface area contributed by atoms with Crippen LogP contribution in [0.3, 0.4) is 0 Å². The topological polar surface area (TPSA) is 87.1 Å². The predicted octanol–water partition coefficient (Wildman–Crippen LogP) is 4.50. The number of hydrogen-bond acceptors (Lipinski definition) is 5. The van der Waals surface area contributed by atoms with E-state index in [1.165, 1.54) is 5.57 Å². The Bertz CT molecular complexity index is 728. The molecular formula is C28H47NO5. The van der Waals surface area contributed by atoms with Gasteiger partial charge in [-0.2, -0.15) is 0 Å². The van der Waals surface area contributed by atoms with Gasteiger partial charge >= 0.3 is 5.97 Å². The maximum Gasteiger partial charge on any atom is 0.308 e. The van der Waals surface area contributed by atoms with E-state index in [4.69, 9.17) is 4.74 Å². The fourth-order valence-electron chi connectivity index (χ4n) is 5.46. The van der Waals surface area contributed by atoms with Crippen LogP contribution in [0.4, 0.5) is 0 Å². The van der Waals surface area contributed by atoms with Gasteiger partial charge in [-0.3, -0.25) is 9.59 Å². The Hall–Kier alpha value is -1.66. The Labute approximate surface area is 206 Å². The molecule has 0 aliphatic heterocycles. The minimum Gasteiger partial charge on any atom is -0.461 e. The summed E-state index contributed by atoms with van der Waals surface area (Å²) < 4.78 is 6.06. The third-order valence-corrected chi connectivity index (χ3v) is 7.78. The third-order valence-electron chi connectivity index (χ3n) is 7.78. The average Bonchev–Trinajstić information content (AvgIpc) is 2.78. The maximum atomic E-state index is 12.6. The normalized spacial score (nSPS) is 28.9. The number of carbonyl (C=O) groups excluding carboxylic acids is 2. The number of ether oxygens (including phenoxy) is 1. The Morgan fingerprint density at radius 2 is 1.82 bits per heavy atom. The molecule has 0 spiro atoms. The fourth-order valence-corrected chi connectivity index (χ4v) is 5.46. The Morgan fingerprint density at radius 3 is 2.44 bits per heavy atom. The van der Waals surface area contributed by atoms with Crippen molar-refractivity contribution in [3.05, 3.63) is 23.8 Å². The summed E-state index contributed by atoms with van der Waals surface area (Å²) in [5.41, 5.74) is 1.24. The van der Waals surface area contributed by atoms with Gasteiger partial charge in [-0.1, -0.05) is 45.9 Å². The van der Waals surface area contributed by atoms with Crippen molar-refractivity contribution in [2.24, 2.45) is 29.6 Å². The zero-order chi connectivity index (χ0) is 25.4. The van der Waals surface area contributed by atoms with Gasteiger partial charge in [-0.25, -0.2) is 0 Å². The quantitative estimate of drug-likeness (QED) is 0.404. The summed E-state index contributed by atoms with van der Waals surface area (Å²) in [6.45, 7) is 13.4. The first-order chi connectivity index (χ1) is 16.1. The summed E-state index contributed by atoms with van der Waals surface area (Å²) >= 11 is 0. The lowest BCUT2D eigenvalue weighted by Gasteiger charge is -2.43. The molecule has 0 aromatic rings. The van der Waals surface area contributed by atoms with Gasteiger partial charge in [0, 0.05) is 19.0 Å². The van der Waals surface area contributed by atoms with Gasteiger partial charge < -0.3 is 19.8 Å². The molecular weight excluding hydrogens is 430 g/mol. The highest BCUT2D eigenvalue weighted by molar-refractivity contribution is 5.76. The standard InChI is InChI=1S/C28H47NO5/c1-7-19(5)28(33)34-25-15-18(4)14-21-11-10-20(6)24(27(21)25)13-12-22(30)16-23(31)17-26(32)29(8-2)9-3/h10-11,14,18-20,22-25,27,30-31H,7-9,12-13,15-17H2,1-6H3/t18-,19?,20-,22+,23+,24-,25-,27-/m0/s1. The number of aliphatic hydroxyl groups is 2. The van der Waals surface area contributed by atoms with Gasteiger partial charge in [0.2, 0.25) is 5.91 Å². The van der Waals surface area contributed by atoms with Crippen molar-refractivity contribution in [1.82, 2.24) is 4.90 Å². The molecule has 6 heteroatoms. The summed E-state index contributed by atoms with van der Waals surface area (Å²) in [5, 5.41) is 21.0. The van der Waals surface area contributed by atoms with Crippen molar-refractivity contribution < 1.29 is 24.5 Å².